The van der Waals surface area contributed by atoms with Crippen LogP contribution in [0.2, 0.25) is 5.02 Å². The van der Waals surface area contributed by atoms with Crippen molar-refractivity contribution < 1.29 is 25.1 Å². The summed E-state index contributed by atoms with van der Waals surface area (Å²) < 4.78 is 0. The number of rotatable bonds is 4. The highest BCUT2D eigenvalue weighted by molar-refractivity contribution is 6.60. The third-order valence-corrected chi connectivity index (χ3v) is 2.44. The van der Waals surface area contributed by atoms with Crippen LogP contribution in [0.25, 0.3) is 0 Å². The fraction of sp³-hybridized carbons (Fsp3) is 0.222. The van der Waals surface area contributed by atoms with Gasteiger partial charge in [-0.15, -0.1) is 0 Å². The van der Waals surface area contributed by atoms with E-state index in [2.05, 4.69) is 0 Å². The molecule has 0 saturated heterocycles. The summed E-state index contributed by atoms with van der Waals surface area (Å²) in [6.45, 7) is 0. The van der Waals surface area contributed by atoms with Gasteiger partial charge in [0.2, 0.25) is 0 Å². The molecule has 0 saturated carbocycles. The van der Waals surface area contributed by atoms with Crippen LogP contribution in [0.1, 0.15) is 5.56 Å². The van der Waals surface area contributed by atoms with Crippen LogP contribution in [-0.2, 0) is 11.2 Å². The first-order valence-electron chi connectivity index (χ1n) is 4.68. The first-order chi connectivity index (χ1) is 7.82. The topological polar surface area (TPSA) is 124 Å². The molecule has 1 unspecified atom stereocenters. The van der Waals surface area contributed by atoms with E-state index in [0.717, 1.165) is 0 Å². The van der Waals surface area contributed by atoms with Crippen molar-refractivity contribution in [3.8, 4) is 5.75 Å². The first-order valence-corrected chi connectivity index (χ1v) is 5.06. The molecular formula is C9H11BClNO5. The maximum absolute atomic E-state index is 10.6. The number of aliphatic carboxylic acids is 1. The van der Waals surface area contributed by atoms with Gasteiger partial charge in [0, 0.05) is 16.9 Å². The molecular weight excluding hydrogens is 248 g/mol. The average Bonchev–Trinajstić information content (AvgIpc) is 2.22. The molecule has 0 spiro atoms. The Bertz CT molecular complexity index is 440. The highest BCUT2D eigenvalue weighted by Gasteiger charge is 2.22. The molecule has 6 nitrogen and oxygen atoms in total. The van der Waals surface area contributed by atoms with Gasteiger partial charge in [-0.1, -0.05) is 11.6 Å². The Morgan fingerprint density at radius 1 is 1.47 bits per heavy atom. The van der Waals surface area contributed by atoms with Gasteiger partial charge in [-0.25, -0.2) is 0 Å². The van der Waals surface area contributed by atoms with Gasteiger partial charge in [-0.3, -0.25) is 4.79 Å². The Balaban J connectivity index is 3.11. The van der Waals surface area contributed by atoms with Crippen LogP contribution in [-0.4, -0.2) is 39.4 Å². The normalized spacial score (nSPS) is 12.2. The fourth-order valence-corrected chi connectivity index (χ4v) is 1.60. The van der Waals surface area contributed by atoms with E-state index in [1.54, 1.807) is 0 Å². The van der Waals surface area contributed by atoms with Crippen molar-refractivity contribution in [3.05, 3.63) is 22.7 Å². The van der Waals surface area contributed by atoms with Gasteiger partial charge in [0.25, 0.3) is 0 Å². The minimum atomic E-state index is -1.89. The predicted molar refractivity (Wildman–Crippen MR) is 62.3 cm³/mol. The van der Waals surface area contributed by atoms with E-state index in [0.29, 0.717) is 0 Å². The molecule has 1 aromatic rings. The molecule has 0 bridgehead atoms. The minimum absolute atomic E-state index is 0.149. The standard InChI is InChI=1S/C9H11BClNO5/c11-5-1-4(2-7(12)9(14)15)8(13)6(3-5)10(16)17/h1,3,7,13,16-17H,2,12H2,(H,14,15). The number of halogens is 1. The first kappa shape index (κ1) is 13.8. The molecule has 0 aromatic heterocycles. The number of carboxylic acid groups (broad SMARTS) is 1. The highest BCUT2D eigenvalue weighted by Crippen LogP contribution is 2.21. The van der Waals surface area contributed by atoms with Crippen LogP contribution in [0, 0.1) is 0 Å². The van der Waals surface area contributed by atoms with E-state index in [1.807, 2.05) is 0 Å². The van der Waals surface area contributed by atoms with Gasteiger partial charge in [0.05, 0.1) is 0 Å². The Labute approximate surface area is 102 Å². The lowest BCUT2D eigenvalue weighted by Gasteiger charge is -2.12. The molecule has 0 heterocycles. The van der Waals surface area contributed by atoms with Crippen LogP contribution in [0.15, 0.2) is 12.1 Å². The van der Waals surface area contributed by atoms with Crippen molar-refractivity contribution >= 4 is 30.2 Å². The summed E-state index contributed by atoms with van der Waals surface area (Å²) in [6.07, 6.45) is -0.165. The Morgan fingerprint density at radius 3 is 2.53 bits per heavy atom. The van der Waals surface area contributed by atoms with Gasteiger partial charge in [-0.2, -0.15) is 0 Å². The summed E-state index contributed by atoms with van der Waals surface area (Å²) in [5, 5.41) is 36.5. The smallest absolute Gasteiger partial charge is 0.492 e. The monoisotopic (exact) mass is 259 g/mol. The third-order valence-electron chi connectivity index (χ3n) is 2.22. The van der Waals surface area contributed by atoms with Crippen molar-refractivity contribution in [3.63, 3.8) is 0 Å². The van der Waals surface area contributed by atoms with Crippen molar-refractivity contribution in [2.75, 3.05) is 0 Å². The molecule has 17 heavy (non-hydrogen) atoms. The number of hydrogen-bond acceptors (Lipinski definition) is 5. The summed E-state index contributed by atoms with van der Waals surface area (Å²) in [6, 6.07) is 1.30. The van der Waals surface area contributed by atoms with E-state index < -0.39 is 24.9 Å². The summed E-state index contributed by atoms with van der Waals surface area (Å²) in [5.41, 5.74) is 5.27. The number of phenols is 1. The van der Waals surface area contributed by atoms with Crippen LogP contribution >= 0.6 is 11.6 Å². The van der Waals surface area contributed by atoms with Crippen molar-refractivity contribution in [1.29, 1.82) is 0 Å². The summed E-state index contributed by atoms with van der Waals surface area (Å²) in [5.74, 6) is -1.64. The minimum Gasteiger partial charge on any atom is -0.508 e. The molecule has 1 atom stereocenters. The van der Waals surface area contributed by atoms with Crippen LogP contribution in [0.5, 0.6) is 5.75 Å². The summed E-state index contributed by atoms with van der Waals surface area (Å²) in [7, 11) is -1.89. The van der Waals surface area contributed by atoms with E-state index in [1.165, 1.54) is 12.1 Å². The molecule has 6 N–H and O–H groups in total. The SMILES string of the molecule is NC(Cc1cc(Cl)cc(B(O)O)c1O)C(=O)O. The molecule has 92 valence electrons. The van der Waals surface area contributed by atoms with Crippen LogP contribution in [0.4, 0.5) is 0 Å². The lowest BCUT2D eigenvalue weighted by molar-refractivity contribution is -0.138. The molecule has 0 aliphatic rings. The number of aromatic hydroxyl groups is 1. The summed E-state index contributed by atoms with van der Waals surface area (Å²) in [4.78, 5) is 10.6. The number of benzene rings is 1. The molecule has 1 rings (SSSR count). The maximum atomic E-state index is 10.6. The maximum Gasteiger partial charge on any atom is 0.492 e. The van der Waals surface area contributed by atoms with Crippen molar-refractivity contribution in [2.24, 2.45) is 5.73 Å². The predicted octanol–water partition coefficient (Wildman–Crippen LogP) is -1.32. The number of phenolic OH excluding ortho intramolecular Hbond substituents is 1. The van der Waals surface area contributed by atoms with Gasteiger partial charge in [0.15, 0.2) is 0 Å². The molecule has 8 heteroatoms. The summed E-state index contributed by atoms with van der Waals surface area (Å²) >= 11 is 5.71. The second-order valence-electron chi connectivity index (χ2n) is 3.53. The zero-order chi connectivity index (χ0) is 13.2. The lowest BCUT2D eigenvalue weighted by atomic mass is 9.78. The highest BCUT2D eigenvalue weighted by atomic mass is 35.5. The molecule has 0 aliphatic carbocycles. The van der Waals surface area contributed by atoms with Crippen LogP contribution < -0.4 is 11.2 Å². The number of carbonyl (C=O) groups is 1. The van der Waals surface area contributed by atoms with Gasteiger partial charge >= 0.3 is 13.1 Å². The van der Waals surface area contributed by atoms with Crippen molar-refractivity contribution in [1.82, 2.24) is 0 Å². The Kier molecular flexibility index (Phi) is 4.36. The number of carboxylic acids is 1. The van der Waals surface area contributed by atoms with E-state index in [-0.39, 0.29) is 22.5 Å². The molecule has 0 fully saturated rings. The van der Waals surface area contributed by atoms with Gasteiger partial charge in [-0.05, 0) is 17.7 Å². The van der Waals surface area contributed by atoms with Crippen molar-refractivity contribution in [2.45, 2.75) is 12.5 Å². The molecule has 1 aromatic carbocycles. The van der Waals surface area contributed by atoms with Gasteiger partial charge < -0.3 is 26.0 Å². The number of nitrogens with two attached hydrogens (primary N) is 1. The average molecular weight is 259 g/mol. The number of hydrogen-bond donors (Lipinski definition) is 5. The Morgan fingerprint density at radius 2 is 2.06 bits per heavy atom. The second-order valence-corrected chi connectivity index (χ2v) is 3.96. The third kappa shape index (κ3) is 3.34. The lowest BCUT2D eigenvalue weighted by Crippen LogP contribution is -2.34. The Hall–Kier alpha value is -1.28. The fourth-order valence-electron chi connectivity index (χ4n) is 1.36. The second kappa shape index (κ2) is 5.37. The van der Waals surface area contributed by atoms with E-state index in [9.17, 15) is 9.90 Å². The van der Waals surface area contributed by atoms with Gasteiger partial charge in [0.1, 0.15) is 11.8 Å². The van der Waals surface area contributed by atoms with E-state index in [4.69, 9.17) is 32.5 Å². The molecule has 0 amide bonds. The van der Waals surface area contributed by atoms with E-state index >= 15 is 0 Å². The quantitative estimate of drug-likeness (QED) is 0.427. The van der Waals surface area contributed by atoms with Crippen LogP contribution in [0.3, 0.4) is 0 Å². The molecule has 0 aliphatic heterocycles. The zero-order valence-corrected chi connectivity index (χ0v) is 9.42. The largest absolute Gasteiger partial charge is 0.508 e. The molecule has 0 radical (unpaired) electrons. The zero-order valence-electron chi connectivity index (χ0n) is 8.67.